The van der Waals surface area contributed by atoms with Gasteiger partial charge in [-0.25, -0.2) is 0 Å². The zero-order valence-corrected chi connectivity index (χ0v) is 9.41. The molecule has 2 rings (SSSR count). The van der Waals surface area contributed by atoms with Crippen LogP contribution in [-0.4, -0.2) is 34.5 Å². The fourth-order valence-electron chi connectivity index (χ4n) is 3.07. The summed E-state index contributed by atoms with van der Waals surface area (Å²) in [5.74, 6) is 0. The van der Waals surface area contributed by atoms with Crippen LogP contribution in [0.3, 0.4) is 0 Å². The minimum atomic E-state index is -0.206. The van der Waals surface area contributed by atoms with Gasteiger partial charge in [-0.2, -0.15) is 0 Å². The van der Waals surface area contributed by atoms with E-state index in [1.165, 1.54) is 19.3 Å². The van der Waals surface area contributed by atoms with Crippen LogP contribution < -0.4 is 5.32 Å². The molecule has 15 heavy (non-hydrogen) atoms. The Balaban J connectivity index is 1.93. The monoisotopic (exact) mass is 213 g/mol. The first-order valence-electron chi connectivity index (χ1n) is 6.32. The average Bonchev–Trinajstić information content (AvgIpc) is 2.71. The summed E-state index contributed by atoms with van der Waals surface area (Å²) < 4.78 is 0. The fraction of sp³-hybridized carbons (Fsp3) is 1.00. The highest BCUT2D eigenvalue weighted by Crippen LogP contribution is 2.31. The summed E-state index contributed by atoms with van der Waals surface area (Å²) >= 11 is 0. The maximum atomic E-state index is 9.90. The second-order valence-corrected chi connectivity index (χ2v) is 5.25. The standard InChI is InChI=1S/C12H23NO2/c14-9-12(7-3-4-8-12)13-10-5-1-2-6-11(10)15/h10-11,13-15H,1-9H2/t10-,11-/m0/s1. The smallest absolute Gasteiger partial charge is 0.0693 e. The first kappa shape index (κ1) is 11.4. The number of aliphatic hydroxyl groups is 2. The molecule has 2 aliphatic carbocycles. The molecule has 0 aromatic rings. The molecule has 3 N–H and O–H groups in total. The van der Waals surface area contributed by atoms with Crippen molar-refractivity contribution in [1.29, 1.82) is 0 Å². The molecule has 0 spiro atoms. The lowest BCUT2D eigenvalue weighted by molar-refractivity contribution is 0.0561. The normalized spacial score (nSPS) is 35.6. The highest BCUT2D eigenvalue weighted by molar-refractivity contribution is 4.96. The van der Waals surface area contributed by atoms with Crippen LogP contribution in [-0.2, 0) is 0 Å². The molecular weight excluding hydrogens is 190 g/mol. The Labute approximate surface area is 91.9 Å². The lowest BCUT2D eigenvalue weighted by Gasteiger charge is -2.37. The number of nitrogens with one attached hydrogen (secondary N) is 1. The van der Waals surface area contributed by atoms with E-state index in [4.69, 9.17) is 0 Å². The van der Waals surface area contributed by atoms with Crippen molar-refractivity contribution in [3.05, 3.63) is 0 Å². The van der Waals surface area contributed by atoms with Crippen molar-refractivity contribution < 1.29 is 10.2 Å². The van der Waals surface area contributed by atoms with Crippen LogP contribution in [0.1, 0.15) is 51.4 Å². The van der Waals surface area contributed by atoms with Crippen molar-refractivity contribution in [1.82, 2.24) is 5.32 Å². The van der Waals surface area contributed by atoms with Gasteiger partial charge in [-0.3, -0.25) is 0 Å². The second kappa shape index (κ2) is 4.81. The van der Waals surface area contributed by atoms with Gasteiger partial charge in [0.2, 0.25) is 0 Å². The predicted molar refractivity (Wildman–Crippen MR) is 59.7 cm³/mol. The summed E-state index contributed by atoms with van der Waals surface area (Å²) in [6.07, 6.45) is 8.65. The molecule has 0 radical (unpaired) electrons. The predicted octanol–water partition coefficient (Wildman–Crippen LogP) is 1.18. The topological polar surface area (TPSA) is 52.5 Å². The lowest BCUT2D eigenvalue weighted by atomic mass is 9.88. The van der Waals surface area contributed by atoms with E-state index in [0.717, 1.165) is 32.1 Å². The zero-order chi connectivity index (χ0) is 10.7. The molecule has 0 unspecified atom stereocenters. The molecule has 0 heterocycles. The van der Waals surface area contributed by atoms with Crippen LogP contribution in [0.2, 0.25) is 0 Å². The average molecular weight is 213 g/mol. The van der Waals surface area contributed by atoms with Crippen LogP contribution >= 0.6 is 0 Å². The minimum Gasteiger partial charge on any atom is -0.394 e. The summed E-state index contributed by atoms with van der Waals surface area (Å²) in [7, 11) is 0. The van der Waals surface area contributed by atoms with E-state index in [1.807, 2.05) is 0 Å². The maximum absolute atomic E-state index is 9.90. The Morgan fingerprint density at radius 2 is 1.73 bits per heavy atom. The molecule has 2 atom stereocenters. The van der Waals surface area contributed by atoms with Gasteiger partial charge < -0.3 is 15.5 Å². The fourth-order valence-corrected chi connectivity index (χ4v) is 3.07. The van der Waals surface area contributed by atoms with E-state index >= 15 is 0 Å². The molecule has 2 aliphatic rings. The van der Waals surface area contributed by atoms with Gasteiger partial charge in [-0.15, -0.1) is 0 Å². The molecular formula is C12H23NO2. The van der Waals surface area contributed by atoms with Gasteiger partial charge in [-0.05, 0) is 25.7 Å². The first-order chi connectivity index (χ1) is 7.26. The molecule has 0 bridgehead atoms. The first-order valence-corrected chi connectivity index (χ1v) is 6.32. The van der Waals surface area contributed by atoms with Gasteiger partial charge in [0.15, 0.2) is 0 Å². The number of rotatable bonds is 3. The molecule has 0 aromatic heterocycles. The molecule has 3 heteroatoms. The third-order valence-electron chi connectivity index (χ3n) is 4.08. The van der Waals surface area contributed by atoms with Crippen LogP contribution in [0.25, 0.3) is 0 Å². The Kier molecular flexibility index (Phi) is 3.65. The van der Waals surface area contributed by atoms with E-state index in [9.17, 15) is 10.2 Å². The number of hydrogen-bond donors (Lipinski definition) is 3. The molecule has 2 saturated carbocycles. The van der Waals surface area contributed by atoms with Gasteiger partial charge in [0.1, 0.15) is 0 Å². The number of hydrogen-bond acceptors (Lipinski definition) is 3. The van der Waals surface area contributed by atoms with Crippen molar-refractivity contribution in [2.75, 3.05) is 6.61 Å². The van der Waals surface area contributed by atoms with Crippen LogP contribution in [0.4, 0.5) is 0 Å². The molecule has 2 fully saturated rings. The van der Waals surface area contributed by atoms with E-state index in [1.54, 1.807) is 0 Å². The molecule has 3 nitrogen and oxygen atoms in total. The second-order valence-electron chi connectivity index (χ2n) is 5.25. The SMILES string of the molecule is OCC1(N[C@H]2CCCC[C@@H]2O)CCCC1. The summed E-state index contributed by atoms with van der Waals surface area (Å²) in [5, 5.41) is 22.9. The van der Waals surface area contributed by atoms with Crippen LogP contribution in [0.5, 0.6) is 0 Å². The molecule has 0 aromatic carbocycles. The lowest BCUT2D eigenvalue weighted by Crippen LogP contribution is -2.55. The number of aliphatic hydroxyl groups excluding tert-OH is 2. The van der Waals surface area contributed by atoms with E-state index in [-0.39, 0.29) is 24.3 Å². The largest absolute Gasteiger partial charge is 0.394 e. The van der Waals surface area contributed by atoms with Crippen LogP contribution in [0.15, 0.2) is 0 Å². The Bertz CT molecular complexity index is 202. The summed E-state index contributed by atoms with van der Waals surface area (Å²) in [6.45, 7) is 0.218. The van der Waals surface area contributed by atoms with Crippen LogP contribution in [0, 0.1) is 0 Å². The molecule has 88 valence electrons. The van der Waals surface area contributed by atoms with Crippen molar-refractivity contribution in [2.24, 2.45) is 0 Å². The highest BCUT2D eigenvalue weighted by Gasteiger charge is 2.37. The summed E-state index contributed by atoms with van der Waals surface area (Å²) in [6, 6.07) is 0.212. The summed E-state index contributed by atoms with van der Waals surface area (Å²) in [5.41, 5.74) is -0.0804. The van der Waals surface area contributed by atoms with Crippen molar-refractivity contribution in [2.45, 2.75) is 69.1 Å². The van der Waals surface area contributed by atoms with Crippen molar-refractivity contribution in [3.63, 3.8) is 0 Å². The Hall–Kier alpha value is -0.120. The van der Waals surface area contributed by atoms with Crippen molar-refractivity contribution >= 4 is 0 Å². The maximum Gasteiger partial charge on any atom is 0.0693 e. The minimum absolute atomic E-state index is 0.0804. The van der Waals surface area contributed by atoms with Gasteiger partial charge in [-0.1, -0.05) is 25.7 Å². The highest BCUT2D eigenvalue weighted by atomic mass is 16.3. The van der Waals surface area contributed by atoms with Gasteiger partial charge in [0, 0.05) is 11.6 Å². The molecule has 0 amide bonds. The third kappa shape index (κ3) is 2.52. The van der Waals surface area contributed by atoms with E-state index in [2.05, 4.69) is 5.32 Å². The van der Waals surface area contributed by atoms with Gasteiger partial charge in [0.25, 0.3) is 0 Å². The Morgan fingerprint density at radius 1 is 1.07 bits per heavy atom. The molecule has 0 saturated heterocycles. The van der Waals surface area contributed by atoms with Gasteiger partial charge >= 0.3 is 0 Å². The quantitative estimate of drug-likeness (QED) is 0.660. The van der Waals surface area contributed by atoms with E-state index in [0.29, 0.717) is 0 Å². The van der Waals surface area contributed by atoms with Crippen molar-refractivity contribution in [3.8, 4) is 0 Å². The summed E-state index contributed by atoms with van der Waals surface area (Å²) in [4.78, 5) is 0. The molecule has 0 aliphatic heterocycles. The Morgan fingerprint density at radius 3 is 2.33 bits per heavy atom. The van der Waals surface area contributed by atoms with E-state index < -0.39 is 0 Å². The third-order valence-corrected chi connectivity index (χ3v) is 4.08. The van der Waals surface area contributed by atoms with Gasteiger partial charge in [0.05, 0.1) is 12.7 Å². The zero-order valence-electron chi connectivity index (χ0n) is 9.41.